The van der Waals surface area contributed by atoms with Crippen LogP contribution >= 0.6 is 0 Å². The van der Waals surface area contributed by atoms with Gasteiger partial charge in [0.2, 0.25) is 11.7 Å². The number of fused-ring (bicyclic) bond motifs is 3. The normalized spacial score (nSPS) is 37.1. The lowest BCUT2D eigenvalue weighted by Gasteiger charge is -2.47. The van der Waals surface area contributed by atoms with Gasteiger partial charge in [-0.1, -0.05) is 45.4 Å². The molecule has 1 saturated carbocycles. The third-order valence-electron chi connectivity index (χ3n) is 14.4. The molecule has 2 amide bonds. The average Bonchev–Trinajstić information content (AvgIpc) is 3.29. The van der Waals surface area contributed by atoms with E-state index in [-0.39, 0.29) is 68.1 Å². The van der Waals surface area contributed by atoms with Crippen molar-refractivity contribution in [3.8, 4) is 0 Å². The number of carbonyl (C=O) groups is 5. The number of ether oxygens (including phenoxy) is 6. The number of ketones is 2. The summed E-state index contributed by atoms with van der Waals surface area (Å²) in [6.07, 6.45) is 4.78. The van der Waals surface area contributed by atoms with Gasteiger partial charge in [0.15, 0.2) is 0 Å². The van der Waals surface area contributed by atoms with E-state index in [9.17, 15) is 34.2 Å². The maximum absolute atomic E-state index is 14.5. The molecule has 4 aliphatic rings. The van der Waals surface area contributed by atoms with Gasteiger partial charge in [-0.3, -0.25) is 19.2 Å². The highest BCUT2D eigenvalue weighted by molar-refractivity contribution is 6.39. The smallest absolute Gasteiger partial charge is 0.329 e. The fourth-order valence-electron chi connectivity index (χ4n) is 10.4. The Labute approximate surface area is 393 Å². The zero-order valence-corrected chi connectivity index (χ0v) is 41.8. The van der Waals surface area contributed by atoms with E-state index in [1.165, 1.54) is 19.1 Å². The molecule has 14 atom stereocenters. The van der Waals surface area contributed by atoms with Gasteiger partial charge in [-0.05, 0) is 123 Å². The summed E-state index contributed by atoms with van der Waals surface area (Å²) in [5.41, 5.74) is 1.64. The molecule has 3 aliphatic heterocycles. The zero-order chi connectivity index (χ0) is 48.9. The molecule has 4 rings (SSSR count). The Kier molecular flexibility index (Phi) is 21.9. The Morgan fingerprint density at radius 1 is 0.955 bits per heavy atom. The zero-order valence-electron chi connectivity index (χ0n) is 41.8. The molecule has 0 aromatic rings. The third-order valence-corrected chi connectivity index (χ3v) is 14.4. The van der Waals surface area contributed by atoms with Crippen LogP contribution in [0.5, 0.6) is 0 Å². The second-order valence-corrected chi connectivity index (χ2v) is 19.9. The molecule has 3 fully saturated rings. The van der Waals surface area contributed by atoms with Crippen LogP contribution in [-0.4, -0.2) is 166 Å². The molecule has 16 heteroatoms. The van der Waals surface area contributed by atoms with E-state index >= 15 is 0 Å². The first-order valence-corrected chi connectivity index (χ1v) is 24.4. The highest BCUT2D eigenvalue weighted by Gasteiger charge is 2.56. The van der Waals surface area contributed by atoms with E-state index < -0.39 is 77.8 Å². The number of nitrogens with zero attached hydrogens (tertiary/aromatic N) is 2. The van der Waals surface area contributed by atoms with Gasteiger partial charge in [-0.25, -0.2) is 4.79 Å². The van der Waals surface area contributed by atoms with E-state index in [1.54, 1.807) is 21.0 Å². The third kappa shape index (κ3) is 14.7. The Hall–Kier alpha value is -3.09. The van der Waals surface area contributed by atoms with Crippen LogP contribution in [0, 0.1) is 29.6 Å². The molecule has 2 bridgehead atoms. The summed E-state index contributed by atoms with van der Waals surface area (Å²) in [5.74, 6) is -7.85. The van der Waals surface area contributed by atoms with Crippen molar-refractivity contribution in [1.82, 2.24) is 15.1 Å². The van der Waals surface area contributed by atoms with Gasteiger partial charge < -0.3 is 53.8 Å². The number of esters is 1. The summed E-state index contributed by atoms with van der Waals surface area (Å²) >= 11 is 0. The number of aliphatic hydroxyl groups excluding tert-OH is 1. The number of hydrogen-bond acceptors (Lipinski definition) is 14. The minimum atomic E-state index is -2.52. The van der Waals surface area contributed by atoms with Gasteiger partial charge in [0, 0.05) is 58.6 Å². The molecule has 0 radical (unpaired) electrons. The van der Waals surface area contributed by atoms with Crippen LogP contribution in [0.2, 0.25) is 0 Å². The SMILES string of the molecule is CC[C@@H]1/C=C(\C)C[C@H](C)C[C@H](OC)[C@H]2O[C@@](O)(C(=O)C(=O)N3CCCC[C@H]3C(=O)O[C@H](/C(C)=C/[C@@H]3CC[C@@H](OCC(=O)NCCCN(C)C)[C@H](OC)C3)[C@H](C)[C@@H](O)CC1=O)[C@H](C)C[C@@H]2OC. The van der Waals surface area contributed by atoms with Crippen LogP contribution in [0.3, 0.4) is 0 Å². The van der Waals surface area contributed by atoms with Gasteiger partial charge in [0.05, 0.1) is 30.5 Å². The van der Waals surface area contributed by atoms with E-state index in [1.807, 2.05) is 47.0 Å². The number of Topliss-reactive ketones (excluding diaryl/α,β-unsaturated/α-hetero) is 2. The van der Waals surface area contributed by atoms with Gasteiger partial charge in [-0.2, -0.15) is 0 Å². The Morgan fingerprint density at radius 2 is 1.64 bits per heavy atom. The molecule has 0 aromatic heterocycles. The average molecular weight is 934 g/mol. The minimum Gasteiger partial charge on any atom is -0.456 e. The largest absolute Gasteiger partial charge is 0.456 e. The van der Waals surface area contributed by atoms with Crippen molar-refractivity contribution in [2.24, 2.45) is 29.6 Å². The topological polar surface area (TPSA) is 200 Å². The molecule has 0 aromatic carbocycles. The molecule has 2 saturated heterocycles. The number of nitrogens with one attached hydrogen (secondary N) is 1. The first-order chi connectivity index (χ1) is 31.3. The quantitative estimate of drug-likeness (QED) is 0.101. The molecule has 0 spiro atoms. The highest BCUT2D eigenvalue weighted by Crippen LogP contribution is 2.39. The fraction of sp³-hybridized carbons (Fsp3) is 0.820. The lowest BCUT2D eigenvalue weighted by molar-refractivity contribution is -0.302. The maximum atomic E-state index is 14.5. The second kappa shape index (κ2) is 26.0. The van der Waals surface area contributed by atoms with Crippen molar-refractivity contribution >= 4 is 29.4 Å². The van der Waals surface area contributed by atoms with Gasteiger partial charge in [0.25, 0.3) is 11.7 Å². The first-order valence-electron chi connectivity index (χ1n) is 24.4. The number of allylic oxidation sites excluding steroid dienone is 3. The van der Waals surface area contributed by atoms with Crippen molar-refractivity contribution in [3.63, 3.8) is 0 Å². The Morgan fingerprint density at radius 3 is 2.29 bits per heavy atom. The monoisotopic (exact) mass is 934 g/mol. The summed E-state index contributed by atoms with van der Waals surface area (Å²) in [5, 5.41) is 26.8. The standard InChI is InChI=1S/C50H83N3O13/c1-12-36-23-30(2)22-31(3)24-42(62-10)46-43(63-11)26-33(5)50(60,66-46)47(57)48(58)53-21-14-13-16-37(53)49(59)65-45(34(6)38(54)28-39(36)55)32(4)25-35-17-18-40(41(27-35)61-9)64-29-44(56)51-19-15-20-52(7)8/h23,25,31,33-38,40-43,45-46,54,60H,12-22,24,26-29H2,1-11H3,(H,51,56)/b30-23+,32-25+/t31-,33+,34+,35-,36+,37-,38-,40+,41+,42-,43-,45+,46+,50+/m0/s1. The van der Waals surface area contributed by atoms with E-state index in [0.29, 0.717) is 63.5 Å². The number of aliphatic hydroxyl groups is 2. The van der Waals surface area contributed by atoms with Crippen LogP contribution in [0.25, 0.3) is 0 Å². The molecular weight excluding hydrogens is 851 g/mol. The predicted molar refractivity (Wildman–Crippen MR) is 248 cm³/mol. The van der Waals surface area contributed by atoms with Crippen LogP contribution in [0.1, 0.15) is 119 Å². The number of carbonyl (C=O) groups excluding carboxylic acids is 5. The fourth-order valence-corrected chi connectivity index (χ4v) is 10.4. The van der Waals surface area contributed by atoms with Crippen molar-refractivity contribution in [3.05, 3.63) is 23.3 Å². The van der Waals surface area contributed by atoms with Crippen molar-refractivity contribution in [1.29, 1.82) is 0 Å². The lowest BCUT2D eigenvalue weighted by Crippen LogP contribution is -2.64. The van der Waals surface area contributed by atoms with Crippen LogP contribution in [0.4, 0.5) is 0 Å². The molecular formula is C50H83N3O13. The Bertz CT molecular complexity index is 1690. The van der Waals surface area contributed by atoms with Crippen molar-refractivity contribution in [2.45, 2.75) is 173 Å². The molecule has 16 nitrogen and oxygen atoms in total. The molecule has 0 unspecified atom stereocenters. The first kappa shape index (κ1) is 55.5. The summed E-state index contributed by atoms with van der Waals surface area (Å²) in [4.78, 5) is 72.9. The summed E-state index contributed by atoms with van der Waals surface area (Å²) in [6.45, 7) is 12.6. The van der Waals surface area contributed by atoms with Gasteiger partial charge in [0.1, 0.15) is 30.6 Å². The number of rotatable bonds is 13. The number of cyclic esters (lactones) is 1. The summed E-state index contributed by atoms with van der Waals surface area (Å²) in [7, 11) is 8.65. The number of piperidine rings is 1. The van der Waals surface area contributed by atoms with E-state index in [2.05, 4.69) is 17.1 Å². The maximum Gasteiger partial charge on any atom is 0.329 e. The van der Waals surface area contributed by atoms with Crippen LogP contribution in [-0.2, 0) is 52.4 Å². The lowest BCUT2D eigenvalue weighted by atomic mass is 9.81. The molecule has 376 valence electrons. The predicted octanol–water partition coefficient (Wildman–Crippen LogP) is 4.57. The van der Waals surface area contributed by atoms with Gasteiger partial charge in [-0.15, -0.1) is 0 Å². The molecule has 1 aliphatic carbocycles. The molecule has 3 heterocycles. The Balaban J connectivity index is 1.66. The number of methoxy groups -OCH3 is 3. The summed E-state index contributed by atoms with van der Waals surface area (Å²) in [6, 6.07) is -1.16. The van der Waals surface area contributed by atoms with Crippen LogP contribution < -0.4 is 5.32 Å². The number of amides is 2. The van der Waals surface area contributed by atoms with Crippen molar-refractivity contribution < 1.29 is 62.6 Å². The van der Waals surface area contributed by atoms with Gasteiger partial charge >= 0.3 is 5.97 Å². The highest BCUT2D eigenvalue weighted by atomic mass is 16.7. The van der Waals surface area contributed by atoms with E-state index in [4.69, 9.17) is 28.4 Å². The van der Waals surface area contributed by atoms with Crippen molar-refractivity contribution in [2.75, 3.05) is 61.7 Å². The van der Waals surface area contributed by atoms with E-state index in [0.717, 1.165) is 18.5 Å². The summed E-state index contributed by atoms with van der Waals surface area (Å²) < 4.78 is 36.3. The second-order valence-electron chi connectivity index (χ2n) is 19.9. The molecule has 3 N–H and O–H groups in total. The van der Waals surface area contributed by atoms with Crippen LogP contribution in [0.15, 0.2) is 23.3 Å². The molecule has 66 heavy (non-hydrogen) atoms. The minimum absolute atomic E-state index is 0.0217. The number of hydrogen-bond donors (Lipinski definition) is 3.